The zero-order valence-corrected chi connectivity index (χ0v) is 18.2. The Hall–Kier alpha value is -3.39. The van der Waals surface area contributed by atoms with Crippen molar-refractivity contribution in [3.05, 3.63) is 99.0 Å². The van der Waals surface area contributed by atoms with Crippen LogP contribution in [0.4, 0.5) is 27.6 Å². The van der Waals surface area contributed by atoms with E-state index in [4.69, 9.17) is 11.6 Å². The summed E-state index contributed by atoms with van der Waals surface area (Å²) in [6.07, 6.45) is 1.30. The van der Waals surface area contributed by atoms with Gasteiger partial charge in [0.15, 0.2) is 23.3 Å². The molecule has 1 heterocycles. The summed E-state index contributed by atoms with van der Waals surface area (Å²) in [6.45, 7) is 4.30. The minimum absolute atomic E-state index is 0.529. The van der Waals surface area contributed by atoms with Gasteiger partial charge in [0.25, 0.3) is 0 Å². The zero-order chi connectivity index (χ0) is 23.9. The summed E-state index contributed by atoms with van der Waals surface area (Å²) in [6, 6.07) is 13.2. The molecule has 0 aliphatic heterocycles. The second kappa shape index (κ2) is 8.86. The molecule has 0 fully saturated rings. The first kappa shape index (κ1) is 22.8. The van der Waals surface area contributed by atoms with Crippen LogP contribution in [0.3, 0.4) is 0 Å². The molecule has 1 N–H and O–H groups in total. The van der Waals surface area contributed by atoms with E-state index in [-0.39, 0.29) is 0 Å². The van der Waals surface area contributed by atoms with Gasteiger partial charge in [-0.15, -0.1) is 0 Å². The van der Waals surface area contributed by atoms with Crippen LogP contribution < -0.4 is 5.43 Å². The average molecular weight is 478 g/mol. The van der Waals surface area contributed by atoms with Crippen molar-refractivity contribution in [1.82, 2.24) is 4.57 Å². The quantitative estimate of drug-likeness (QED) is 0.107. The van der Waals surface area contributed by atoms with Gasteiger partial charge in [0.1, 0.15) is 5.69 Å². The summed E-state index contributed by atoms with van der Waals surface area (Å²) in [5, 5.41) is 5.22. The van der Waals surface area contributed by atoms with E-state index in [2.05, 4.69) is 5.10 Å². The van der Waals surface area contributed by atoms with Gasteiger partial charge < -0.3 is 4.57 Å². The van der Waals surface area contributed by atoms with Crippen molar-refractivity contribution < 1.29 is 22.0 Å². The summed E-state index contributed by atoms with van der Waals surface area (Å²) in [4.78, 5) is 0. The predicted molar refractivity (Wildman–Crippen MR) is 119 cm³/mol. The molecule has 0 spiro atoms. The third kappa shape index (κ3) is 4.18. The molecule has 0 saturated heterocycles. The van der Waals surface area contributed by atoms with Crippen LogP contribution in [0.1, 0.15) is 22.4 Å². The van der Waals surface area contributed by atoms with Crippen LogP contribution in [-0.4, -0.2) is 10.8 Å². The van der Waals surface area contributed by atoms with Gasteiger partial charge in [0.05, 0.1) is 6.21 Å². The van der Waals surface area contributed by atoms with Crippen molar-refractivity contribution >= 4 is 34.4 Å². The fraction of sp³-hybridized carbons (Fsp3) is 0.125. The van der Waals surface area contributed by atoms with Gasteiger partial charge in [-0.25, -0.2) is 22.0 Å². The molecule has 1 aromatic heterocycles. The number of aryl methyl sites for hydroxylation is 1. The van der Waals surface area contributed by atoms with Crippen molar-refractivity contribution in [2.75, 3.05) is 5.43 Å². The Bertz CT molecular complexity index is 1370. The number of rotatable bonds is 5. The number of halogens is 6. The van der Waals surface area contributed by atoms with Crippen molar-refractivity contribution in [3.63, 3.8) is 0 Å². The maximum absolute atomic E-state index is 13.9. The molecule has 0 amide bonds. The molecule has 0 bridgehead atoms. The van der Waals surface area contributed by atoms with Crippen LogP contribution in [0.15, 0.2) is 47.6 Å². The van der Waals surface area contributed by atoms with E-state index in [9.17, 15) is 22.0 Å². The van der Waals surface area contributed by atoms with Crippen molar-refractivity contribution in [2.24, 2.45) is 5.10 Å². The first-order valence-electron chi connectivity index (χ1n) is 9.83. The molecule has 4 rings (SSSR count). The third-order valence-electron chi connectivity index (χ3n) is 5.36. The molecule has 0 aliphatic carbocycles. The molecular formula is C24H17ClF5N3. The van der Waals surface area contributed by atoms with Gasteiger partial charge in [-0.1, -0.05) is 35.4 Å². The standard InChI is InChI=1S/C24H17ClF5N3/c1-12-3-8-18-16(9-12)17(13(2)33(18)11-14-4-6-15(25)7-5-14)10-31-32-24-22(29)20(27)19(26)21(28)23(24)30/h3-10,32H,11H2,1-2H3/b31-10+. The van der Waals surface area contributed by atoms with Gasteiger partial charge >= 0.3 is 0 Å². The Kier molecular flexibility index (Phi) is 6.12. The Morgan fingerprint density at radius 1 is 0.879 bits per heavy atom. The van der Waals surface area contributed by atoms with Gasteiger partial charge in [0, 0.05) is 33.7 Å². The van der Waals surface area contributed by atoms with Crippen molar-refractivity contribution in [1.29, 1.82) is 0 Å². The molecular weight excluding hydrogens is 461 g/mol. The van der Waals surface area contributed by atoms with Gasteiger partial charge in [-0.3, -0.25) is 5.43 Å². The van der Waals surface area contributed by atoms with Crippen LogP contribution in [0, 0.1) is 42.9 Å². The number of benzene rings is 3. The molecule has 0 atom stereocenters. The second-order valence-corrected chi connectivity index (χ2v) is 7.98. The topological polar surface area (TPSA) is 29.3 Å². The second-order valence-electron chi connectivity index (χ2n) is 7.55. The largest absolute Gasteiger partial charge is 0.340 e. The van der Waals surface area contributed by atoms with E-state index >= 15 is 0 Å². The fourth-order valence-electron chi connectivity index (χ4n) is 3.63. The highest BCUT2D eigenvalue weighted by Gasteiger charge is 2.25. The number of anilines is 1. The minimum Gasteiger partial charge on any atom is -0.340 e. The van der Waals surface area contributed by atoms with Crippen LogP contribution in [0.2, 0.25) is 5.02 Å². The van der Waals surface area contributed by atoms with E-state index in [1.807, 2.05) is 54.2 Å². The molecule has 170 valence electrons. The molecule has 33 heavy (non-hydrogen) atoms. The van der Waals surface area contributed by atoms with E-state index in [0.717, 1.165) is 27.7 Å². The number of nitrogens with zero attached hydrogens (tertiary/aromatic N) is 2. The number of nitrogens with one attached hydrogen (secondary N) is 1. The number of hydrogen-bond donors (Lipinski definition) is 1. The highest BCUT2D eigenvalue weighted by Crippen LogP contribution is 2.29. The highest BCUT2D eigenvalue weighted by atomic mass is 35.5. The lowest BCUT2D eigenvalue weighted by Gasteiger charge is -2.09. The molecule has 0 aliphatic rings. The van der Waals surface area contributed by atoms with E-state index in [0.29, 0.717) is 17.1 Å². The molecule has 3 nitrogen and oxygen atoms in total. The average Bonchev–Trinajstić information content (AvgIpc) is 3.05. The summed E-state index contributed by atoms with van der Waals surface area (Å²) in [7, 11) is 0. The van der Waals surface area contributed by atoms with E-state index in [1.165, 1.54) is 6.21 Å². The SMILES string of the molecule is Cc1ccc2c(c1)c(/C=N/Nc1c(F)c(F)c(F)c(F)c1F)c(C)n2Cc1ccc(Cl)cc1. The lowest BCUT2D eigenvalue weighted by atomic mass is 10.1. The Balaban J connectivity index is 1.74. The Labute approximate surface area is 191 Å². The molecule has 0 unspecified atom stereocenters. The molecule has 0 saturated carbocycles. The Morgan fingerprint density at radius 3 is 2.12 bits per heavy atom. The first-order chi connectivity index (χ1) is 15.7. The normalized spacial score (nSPS) is 11.6. The van der Waals surface area contributed by atoms with Crippen LogP contribution >= 0.6 is 11.6 Å². The highest BCUT2D eigenvalue weighted by molar-refractivity contribution is 6.30. The lowest BCUT2D eigenvalue weighted by molar-refractivity contribution is 0.381. The molecule has 9 heteroatoms. The summed E-state index contributed by atoms with van der Waals surface area (Å²) in [5.74, 6) is -10.3. The molecule has 3 aromatic carbocycles. The predicted octanol–water partition coefficient (Wildman–Crippen LogP) is 7.10. The number of fused-ring (bicyclic) bond motifs is 1. The number of aromatic nitrogens is 1. The van der Waals surface area contributed by atoms with Crippen LogP contribution in [-0.2, 0) is 6.54 Å². The number of hydrazone groups is 1. The zero-order valence-electron chi connectivity index (χ0n) is 17.5. The maximum Gasteiger partial charge on any atom is 0.200 e. The fourth-order valence-corrected chi connectivity index (χ4v) is 3.75. The summed E-state index contributed by atoms with van der Waals surface area (Å²) in [5.41, 5.74) is 5.05. The minimum atomic E-state index is -2.23. The van der Waals surface area contributed by atoms with Crippen LogP contribution in [0.25, 0.3) is 10.9 Å². The first-order valence-corrected chi connectivity index (χ1v) is 10.2. The molecule has 0 radical (unpaired) electrons. The van der Waals surface area contributed by atoms with Crippen LogP contribution in [0.5, 0.6) is 0 Å². The summed E-state index contributed by atoms with van der Waals surface area (Å²) < 4.78 is 70.0. The van der Waals surface area contributed by atoms with E-state index in [1.54, 1.807) is 12.1 Å². The number of hydrogen-bond acceptors (Lipinski definition) is 2. The molecule has 4 aromatic rings. The smallest absolute Gasteiger partial charge is 0.200 e. The van der Waals surface area contributed by atoms with Gasteiger partial charge in [-0.05, 0) is 43.7 Å². The monoisotopic (exact) mass is 477 g/mol. The van der Waals surface area contributed by atoms with Crippen molar-refractivity contribution in [3.8, 4) is 0 Å². The third-order valence-corrected chi connectivity index (χ3v) is 5.61. The maximum atomic E-state index is 13.9. The van der Waals surface area contributed by atoms with Gasteiger partial charge in [0.2, 0.25) is 5.82 Å². The van der Waals surface area contributed by atoms with Crippen molar-refractivity contribution in [2.45, 2.75) is 20.4 Å². The van der Waals surface area contributed by atoms with Gasteiger partial charge in [-0.2, -0.15) is 5.10 Å². The Morgan fingerprint density at radius 2 is 1.48 bits per heavy atom. The summed E-state index contributed by atoms with van der Waals surface area (Å²) >= 11 is 5.97. The van der Waals surface area contributed by atoms with E-state index < -0.39 is 34.8 Å². The lowest BCUT2D eigenvalue weighted by Crippen LogP contribution is -2.07.